The van der Waals surface area contributed by atoms with Crippen LogP contribution in [0.3, 0.4) is 0 Å². The third kappa shape index (κ3) is 12.0. The molecule has 4 unspecified atom stereocenters. The molecule has 0 radical (unpaired) electrons. The Hall–Kier alpha value is -5.14. The number of benzene rings is 6. The summed E-state index contributed by atoms with van der Waals surface area (Å²) in [5.74, 6) is 0. The van der Waals surface area contributed by atoms with Crippen LogP contribution in [-0.4, -0.2) is 51.6 Å². The number of hydrogen-bond acceptors (Lipinski definition) is 10. The molecular weight excluding hydrogens is 853 g/mol. The predicted octanol–water partition coefficient (Wildman–Crippen LogP) is 14.0. The molecule has 4 aliphatic heterocycles. The SMILES string of the molecule is c1cc(N(c2ccc(COC3CCCCO3)cc2)c2ccc(COC3CCCCO3)cc2)c2cccc(N(c3ccc(COC4CCCCO4)cc3)c3ccc(COC4CCCCO4)cc3)c2c1. The standard InChI is InChI=1S/C58H66N2O8/c1-5-35-61-55(15-1)65-39-43-19-27-47(28-20-43)59(48-29-21-44(22-30-48)40-66-56-16-2-6-36-62-56)53-13-9-12-52-51(53)11-10-14-54(52)60(49-31-23-45(24-32-49)41-67-57-17-3-7-37-63-57)50-33-25-46(26-34-50)42-68-58-18-4-8-38-64-58/h9-14,19-34,55-58H,1-8,15-18,35-42H2. The fraction of sp³-hybridized carbons (Fsp3) is 0.414. The fourth-order valence-electron chi connectivity index (χ4n) is 9.61. The van der Waals surface area contributed by atoms with Gasteiger partial charge in [0.05, 0.1) is 37.8 Å². The zero-order valence-corrected chi connectivity index (χ0v) is 39.3. The first-order valence-corrected chi connectivity index (χ1v) is 25.1. The maximum absolute atomic E-state index is 6.19. The summed E-state index contributed by atoms with van der Waals surface area (Å²) in [6.07, 6.45) is 12.1. The van der Waals surface area contributed by atoms with Crippen molar-refractivity contribution in [3.63, 3.8) is 0 Å². The second kappa shape index (κ2) is 23.4. The normalized spacial score (nSPS) is 21.1. The molecule has 4 heterocycles. The molecule has 4 aliphatic rings. The first kappa shape index (κ1) is 46.6. The summed E-state index contributed by atoms with van der Waals surface area (Å²) in [7, 11) is 0. The number of anilines is 6. The van der Waals surface area contributed by atoms with Crippen LogP contribution in [0.25, 0.3) is 10.8 Å². The first-order valence-electron chi connectivity index (χ1n) is 25.1. The molecule has 0 bridgehead atoms. The molecule has 68 heavy (non-hydrogen) atoms. The van der Waals surface area contributed by atoms with Gasteiger partial charge in [0, 0.05) is 59.9 Å². The molecule has 10 heteroatoms. The Labute approximate surface area is 402 Å². The van der Waals surface area contributed by atoms with Crippen molar-refractivity contribution in [1.82, 2.24) is 0 Å². The summed E-state index contributed by atoms with van der Waals surface area (Å²) < 4.78 is 48.2. The molecular formula is C58H66N2O8. The van der Waals surface area contributed by atoms with E-state index >= 15 is 0 Å². The van der Waals surface area contributed by atoms with E-state index in [1.165, 1.54) is 0 Å². The lowest BCUT2D eigenvalue weighted by Crippen LogP contribution is -2.22. The number of rotatable bonds is 18. The summed E-state index contributed by atoms with van der Waals surface area (Å²) in [6.45, 7) is 5.07. The van der Waals surface area contributed by atoms with Crippen LogP contribution in [0, 0.1) is 0 Å². The largest absolute Gasteiger partial charge is 0.353 e. The third-order valence-corrected chi connectivity index (χ3v) is 13.4. The van der Waals surface area contributed by atoms with Crippen molar-refractivity contribution in [3.05, 3.63) is 156 Å². The van der Waals surface area contributed by atoms with Crippen LogP contribution in [0.4, 0.5) is 34.1 Å². The minimum absolute atomic E-state index is 0.141. The van der Waals surface area contributed by atoms with Crippen LogP contribution >= 0.6 is 0 Å². The van der Waals surface area contributed by atoms with Gasteiger partial charge in [0.1, 0.15) is 0 Å². The smallest absolute Gasteiger partial charge is 0.158 e. The fourth-order valence-corrected chi connectivity index (χ4v) is 9.61. The van der Waals surface area contributed by atoms with E-state index < -0.39 is 0 Å². The molecule has 4 atom stereocenters. The lowest BCUT2D eigenvalue weighted by molar-refractivity contribution is -0.169. The van der Waals surface area contributed by atoms with Gasteiger partial charge in [0.25, 0.3) is 0 Å². The van der Waals surface area contributed by atoms with E-state index in [0.29, 0.717) is 26.4 Å². The van der Waals surface area contributed by atoms with Crippen molar-refractivity contribution >= 4 is 44.9 Å². The summed E-state index contributed by atoms with van der Waals surface area (Å²) >= 11 is 0. The van der Waals surface area contributed by atoms with Gasteiger partial charge in [-0.05, 0) is 160 Å². The number of nitrogens with zero attached hydrogens (tertiary/aromatic N) is 2. The van der Waals surface area contributed by atoms with Gasteiger partial charge < -0.3 is 47.7 Å². The van der Waals surface area contributed by atoms with Crippen LogP contribution in [0.2, 0.25) is 0 Å². The Kier molecular flexibility index (Phi) is 16.1. The average molecular weight is 919 g/mol. The zero-order chi connectivity index (χ0) is 45.7. The molecule has 356 valence electrons. The van der Waals surface area contributed by atoms with Gasteiger partial charge in [-0.1, -0.05) is 72.8 Å². The minimum Gasteiger partial charge on any atom is -0.353 e. The van der Waals surface area contributed by atoms with Crippen LogP contribution in [-0.2, 0) is 64.3 Å². The van der Waals surface area contributed by atoms with Gasteiger partial charge in [-0.15, -0.1) is 0 Å². The van der Waals surface area contributed by atoms with Crippen LogP contribution in [0.1, 0.15) is 99.3 Å². The van der Waals surface area contributed by atoms with Crippen molar-refractivity contribution in [2.45, 2.75) is 129 Å². The number of hydrogen-bond donors (Lipinski definition) is 0. The molecule has 0 aromatic heterocycles. The van der Waals surface area contributed by atoms with Gasteiger partial charge in [0.2, 0.25) is 0 Å². The quantitative estimate of drug-likeness (QED) is 0.0831. The second-order valence-electron chi connectivity index (χ2n) is 18.4. The minimum atomic E-state index is -0.141. The first-order chi connectivity index (χ1) is 33.7. The van der Waals surface area contributed by atoms with Gasteiger partial charge in [-0.2, -0.15) is 0 Å². The number of fused-ring (bicyclic) bond motifs is 1. The topological polar surface area (TPSA) is 80.3 Å². The zero-order valence-electron chi connectivity index (χ0n) is 39.3. The summed E-state index contributed by atoms with van der Waals surface area (Å²) in [4.78, 5) is 4.71. The molecule has 6 aromatic rings. The van der Waals surface area contributed by atoms with E-state index in [2.05, 4.69) is 143 Å². The molecule has 0 N–H and O–H groups in total. The molecule has 4 fully saturated rings. The lowest BCUT2D eigenvalue weighted by Gasteiger charge is -2.30. The average Bonchev–Trinajstić information content (AvgIpc) is 3.41. The maximum atomic E-state index is 6.19. The van der Waals surface area contributed by atoms with Gasteiger partial charge in [-0.3, -0.25) is 0 Å². The predicted molar refractivity (Wildman–Crippen MR) is 267 cm³/mol. The van der Waals surface area contributed by atoms with Crippen molar-refractivity contribution in [2.75, 3.05) is 36.2 Å². The van der Waals surface area contributed by atoms with E-state index in [4.69, 9.17) is 37.9 Å². The highest BCUT2D eigenvalue weighted by Gasteiger charge is 2.23. The van der Waals surface area contributed by atoms with E-state index in [1.807, 2.05) is 0 Å². The van der Waals surface area contributed by atoms with Crippen LogP contribution in [0.15, 0.2) is 133 Å². The Morgan fingerprint density at radius 2 is 0.588 bits per heavy atom. The van der Waals surface area contributed by atoms with E-state index in [9.17, 15) is 0 Å². The van der Waals surface area contributed by atoms with Crippen molar-refractivity contribution in [3.8, 4) is 0 Å². The van der Waals surface area contributed by atoms with E-state index in [0.717, 1.165) is 171 Å². The van der Waals surface area contributed by atoms with Gasteiger partial charge in [-0.25, -0.2) is 0 Å². The Morgan fingerprint density at radius 1 is 0.324 bits per heavy atom. The molecule has 0 aliphatic carbocycles. The van der Waals surface area contributed by atoms with Crippen molar-refractivity contribution in [1.29, 1.82) is 0 Å². The second-order valence-corrected chi connectivity index (χ2v) is 18.4. The molecule has 4 saturated heterocycles. The van der Waals surface area contributed by atoms with Crippen LogP contribution in [0.5, 0.6) is 0 Å². The highest BCUT2D eigenvalue weighted by atomic mass is 16.7. The summed E-state index contributed by atoms with van der Waals surface area (Å²) in [5.41, 5.74) is 10.8. The Morgan fingerprint density at radius 3 is 0.824 bits per heavy atom. The highest BCUT2D eigenvalue weighted by molar-refractivity contribution is 6.06. The molecule has 6 aromatic carbocycles. The lowest BCUT2D eigenvalue weighted by atomic mass is 10.0. The van der Waals surface area contributed by atoms with Crippen molar-refractivity contribution < 1.29 is 37.9 Å². The molecule has 0 amide bonds. The molecule has 10 nitrogen and oxygen atoms in total. The molecule has 0 spiro atoms. The molecule has 0 saturated carbocycles. The monoisotopic (exact) mass is 918 g/mol. The van der Waals surface area contributed by atoms with Gasteiger partial charge >= 0.3 is 0 Å². The summed E-state index contributed by atoms with van der Waals surface area (Å²) in [6, 6.07) is 48.2. The van der Waals surface area contributed by atoms with E-state index in [-0.39, 0.29) is 25.2 Å². The maximum Gasteiger partial charge on any atom is 0.158 e. The Balaban J connectivity index is 0.982. The summed E-state index contributed by atoms with van der Waals surface area (Å²) in [5, 5.41) is 2.24. The number of ether oxygens (including phenoxy) is 8. The van der Waals surface area contributed by atoms with Crippen molar-refractivity contribution in [2.24, 2.45) is 0 Å². The van der Waals surface area contributed by atoms with Crippen LogP contribution < -0.4 is 9.80 Å². The highest BCUT2D eigenvalue weighted by Crippen LogP contribution is 2.44. The third-order valence-electron chi connectivity index (χ3n) is 13.4. The Bertz CT molecular complexity index is 2150. The van der Waals surface area contributed by atoms with E-state index in [1.54, 1.807) is 0 Å². The molecule has 10 rings (SSSR count). The van der Waals surface area contributed by atoms with Gasteiger partial charge in [0.15, 0.2) is 25.2 Å².